The predicted molar refractivity (Wildman–Crippen MR) is 91.0 cm³/mol. The van der Waals surface area contributed by atoms with Crippen molar-refractivity contribution >= 4 is 43.8 Å². The summed E-state index contributed by atoms with van der Waals surface area (Å²) in [6.07, 6.45) is 10.4. The van der Waals surface area contributed by atoms with Crippen molar-refractivity contribution in [1.82, 2.24) is 0 Å². The zero-order valence-corrected chi connectivity index (χ0v) is 12.2. The summed E-state index contributed by atoms with van der Waals surface area (Å²) < 4.78 is 2.93. The molecule has 0 amide bonds. The van der Waals surface area contributed by atoms with Crippen molar-refractivity contribution in [2.75, 3.05) is 0 Å². The van der Waals surface area contributed by atoms with E-state index in [1.807, 2.05) is 11.3 Å². The second-order valence-corrected chi connectivity index (χ2v) is 7.19. The second-order valence-electron chi connectivity index (χ2n) is 6.10. The average molecular weight is 284 g/mol. The number of fused-ring (bicyclic) bond motifs is 1. The van der Waals surface area contributed by atoms with Crippen LogP contribution in [0.5, 0.6) is 0 Å². The molecular formula is C20H12S. The van der Waals surface area contributed by atoms with Crippen molar-refractivity contribution in [3.8, 4) is 0 Å². The van der Waals surface area contributed by atoms with Gasteiger partial charge in [0, 0.05) is 25.8 Å². The van der Waals surface area contributed by atoms with Gasteiger partial charge in [-0.2, -0.15) is 0 Å². The quantitative estimate of drug-likeness (QED) is 0.586. The van der Waals surface area contributed by atoms with Gasteiger partial charge in [-0.15, -0.1) is 11.3 Å². The van der Waals surface area contributed by atoms with Crippen LogP contribution in [0.1, 0.15) is 17.9 Å². The van der Waals surface area contributed by atoms with E-state index in [4.69, 9.17) is 0 Å². The van der Waals surface area contributed by atoms with Gasteiger partial charge in [-0.05, 0) is 40.0 Å². The monoisotopic (exact) mass is 284 g/mol. The smallest absolute Gasteiger partial charge is 0.0361 e. The van der Waals surface area contributed by atoms with Gasteiger partial charge in [0.15, 0.2) is 0 Å². The maximum atomic E-state index is 2.42. The molecule has 0 saturated heterocycles. The molecule has 0 radical (unpaired) electrons. The highest BCUT2D eigenvalue weighted by Crippen LogP contribution is 2.44. The lowest BCUT2D eigenvalue weighted by Crippen LogP contribution is -2.31. The molecule has 6 rings (SSSR count). The fraction of sp³-hybridized carbons (Fsp3) is 0.100. The zero-order chi connectivity index (χ0) is 13.6. The minimum atomic E-state index is 0.453. The van der Waals surface area contributed by atoms with Crippen LogP contribution in [0.25, 0.3) is 32.5 Å². The highest BCUT2D eigenvalue weighted by molar-refractivity contribution is 7.17. The molecule has 98 valence electrons. The number of benzene rings is 2. The molecule has 1 aromatic heterocycles. The van der Waals surface area contributed by atoms with E-state index in [1.165, 1.54) is 41.7 Å². The van der Waals surface area contributed by atoms with Crippen molar-refractivity contribution in [3.63, 3.8) is 0 Å². The number of hydrogen-bond acceptors (Lipinski definition) is 1. The van der Waals surface area contributed by atoms with Crippen molar-refractivity contribution in [3.05, 3.63) is 69.4 Å². The van der Waals surface area contributed by atoms with Crippen LogP contribution >= 0.6 is 11.3 Å². The molecule has 3 aromatic rings. The van der Waals surface area contributed by atoms with Crippen LogP contribution in [-0.4, -0.2) is 0 Å². The lowest BCUT2D eigenvalue weighted by atomic mass is 9.74. The van der Waals surface area contributed by atoms with Gasteiger partial charge >= 0.3 is 0 Å². The third-order valence-corrected chi connectivity index (χ3v) is 6.28. The number of rotatable bonds is 0. The predicted octanol–water partition coefficient (Wildman–Crippen LogP) is 3.98. The molecular weight excluding hydrogens is 272 g/mol. The Morgan fingerprint density at radius 2 is 2.05 bits per heavy atom. The first kappa shape index (κ1) is 10.6. The van der Waals surface area contributed by atoms with Gasteiger partial charge in [0.2, 0.25) is 0 Å². The molecule has 0 fully saturated rings. The summed E-state index contributed by atoms with van der Waals surface area (Å²) in [7, 11) is 0. The van der Waals surface area contributed by atoms with Gasteiger partial charge in [0.1, 0.15) is 0 Å². The highest BCUT2D eigenvalue weighted by atomic mass is 32.1. The van der Waals surface area contributed by atoms with E-state index in [0.29, 0.717) is 5.92 Å². The Balaban J connectivity index is 2.08. The van der Waals surface area contributed by atoms with E-state index in [-0.39, 0.29) is 0 Å². The summed E-state index contributed by atoms with van der Waals surface area (Å²) in [6.45, 7) is 0. The van der Waals surface area contributed by atoms with Gasteiger partial charge < -0.3 is 0 Å². The van der Waals surface area contributed by atoms with Gasteiger partial charge in [0.25, 0.3) is 0 Å². The fourth-order valence-corrected chi connectivity index (χ4v) is 5.47. The molecule has 0 nitrogen and oxygen atoms in total. The van der Waals surface area contributed by atoms with Crippen molar-refractivity contribution in [2.24, 2.45) is 0 Å². The van der Waals surface area contributed by atoms with Crippen LogP contribution in [-0.2, 0) is 0 Å². The van der Waals surface area contributed by atoms with Crippen molar-refractivity contribution in [1.29, 1.82) is 0 Å². The van der Waals surface area contributed by atoms with Gasteiger partial charge in [-0.1, -0.05) is 48.6 Å². The fourth-order valence-electron chi connectivity index (χ4n) is 4.31. The van der Waals surface area contributed by atoms with Gasteiger partial charge in [-0.3, -0.25) is 0 Å². The van der Waals surface area contributed by atoms with Crippen LogP contribution < -0.4 is 9.75 Å². The first-order valence-corrected chi connectivity index (χ1v) is 8.30. The second kappa shape index (κ2) is 3.37. The Morgan fingerprint density at radius 3 is 3.05 bits per heavy atom. The largest absolute Gasteiger partial charge is 0.135 e. The molecule has 21 heavy (non-hydrogen) atoms. The van der Waals surface area contributed by atoms with Crippen LogP contribution in [0.4, 0.5) is 0 Å². The lowest BCUT2D eigenvalue weighted by Gasteiger charge is -2.28. The Morgan fingerprint density at radius 1 is 1.05 bits per heavy atom. The first-order valence-electron chi connectivity index (χ1n) is 7.48. The average Bonchev–Trinajstić information content (AvgIpc) is 2.93. The molecule has 1 heterocycles. The SMILES string of the molecule is C1=CC2C3=c4c(sc5ccc6cccc2c6c45)=CCC3=C1. The van der Waals surface area contributed by atoms with E-state index in [9.17, 15) is 0 Å². The van der Waals surface area contributed by atoms with Crippen LogP contribution in [0.15, 0.2) is 54.1 Å². The van der Waals surface area contributed by atoms with Crippen molar-refractivity contribution < 1.29 is 0 Å². The summed E-state index contributed by atoms with van der Waals surface area (Å²) in [5.74, 6) is 0.453. The molecule has 0 bridgehead atoms. The van der Waals surface area contributed by atoms with E-state index >= 15 is 0 Å². The molecule has 3 aliphatic carbocycles. The van der Waals surface area contributed by atoms with E-state index in [1.54, 1.807) is 5.57 Å². The number of hydrogen-bond donors (Lipinski definition) is 0. The zero-order valence-electron chi connectivity index (χ0n) is 11.4. The molecule has 0 aliphatic heterocycles. The molecule has 1 atom stereocenters. The highest BCUT2D eigenvalue weighted by Gasteiger charge is 2.29. The maximum absolute atomic E-state index is 2.42. The molecule has 2 aromatic carbocycles. The molecule has 0 N–H and O–H groups in total. The van der Waals surface area contributed by atoms with Crippen LogP contribution in [0.3, 0.4) is 0 Å². The Kier molecular flexibility index (Phi) is 1.70. The Hall–Kier alpha value is -2.12. The van der Waals surface area contributed by atoms with Crippen molar-refractivity contribution in [2.45, 2.75) is 12.3 Å². The Bertz CT molecular complexity index is 1150. The third kappa shape index (κ3) is 1.10. The standard InChI is InChI=1S/C20H12S/c1-3-11-7-9-15-19-17(11)13(5-1)14-6-2-4-12-8-10-16(21-15)20(19)18(12)14/h1-7,9-10,14H,8H2. The minimum absolute atomic E-state index is 0.453. The third-order valence-electron chi connectivity index (χ3n) is 5.13. The molecule has 0 spiro atoms. The van der Waals surface area contributed by atoms with Crippen LogP contribution in [0, 0.1) is 0 Å². The summed E-state index contributed by atoms with van der Waals surface area (Å²) in [5, 5.41) is 5.91. The van der Waals surface area contributed by atoms with E-state index in [0.717, 1.165) is 6.42 Å². The normalized spacial score (nSPS) is 21.0. The summed E-state index contributed by atoms with van der Waals surface area (Å²) in [4.78, 5) is 0. The summed E-state index contributed by atoms with van der Waals surface area (Å²) >= 11 is 1.96. The van der Waals surface area contributed by atoms with E-state index in [2.05, 4.69) is 54.6 Å². The van der Waals surface area contributed by atoms with Gasteiger partial charge in [0.05, 0.1) is 0 Å². The minimum Gasteiger partial charge on any atom is -0.135 e. The number of allylic oxidation sites excluding steroid dienone is 4. The topological polar surface area (TPSA) is 0 Å². The summed E-state index contributed by atoms with van der Waals surface area (Å²) in [5.41, 5.74) is 4.59. The molecule has 3 aliphatic rings. The Labute approximate surface area is 126 Å². The summed E-state index contributed by atoms with van der Waals surface area (Å²) in [6, 6.07) is 11.4. The van der Waals surface area contributed by atoms with Crippen LogP contribution in [0.2, 0.25) is 0 Å². The first-order chi connectivity index (χ1) is 10.4. The maximum Gasteiger partial charge on any atom is 0.0361 e. The van der Waals surface area contributed by atoms with E-state index < -0.39 is 0 Å². The molecule has 1 heteroatoms. The molecule has 0 saturated carbocycles. The lowest BCUT2D eigenvalue weighted by molar-refractivity contribution is 1.06. The molecule has 1 unspecified atom stereocenters. The van der Waals surface area contributed by atoms with Gasteiger partial charge in [-0.25, -0.2) is 0 Å². The number of thiophene rings is 1.